The summed E-state index contributed by atoms with van der Waals surface area (Å²) >= 11 is 0. The lowest BCUT2D eigenvalue weighted by Gasteiger charge is -2.07. The van der Waals surface area contributed by atoms with Gasteiger partial charge in [0.25, 0.3) is 5.82 Å². The first-order chi connectivity index (χ1) is 10.1. The van der Waals surface area contributed by atoms with Crippen LogP contribution >= 0.6 is 0 Å². The maximum absolute atomic E-state index is 11.3. The Kier molecular flexibility index (Phi) is 7.28. The minimum Gasteiger partial charge on any atom is -0.495 e. The molecule has 0 unspecified atom stereocenters. The van der Waals surface area contributed by atoms with Crippen LogP contribution in [0.1, 0.15) is 35.3 Å². The van der Waals surface area contributed by atoms with Gasteiger partial charge in [-0.3, -0.25) is 0 Å². The fraction of sp³-hybridized carbons (Fsp3) is 0.500. The molecule has 0 atom stereocenters. The Labute approximate surface area is 125 Å². The molecule has 0 saturated carbocycles. The third kappa shape index (κ3) is 5.09. The number of carboxylic acids is 1. The molecule has 1 heterocycles. The number of aromatic carboxylic acids is 1. The first-order valence-corrected chi connectivity index (χ1v) is 7.03. The molecule has 0 aliphatic heterocycles. The van der Waals surface area contributed by atoms with Crippen LogP contribution in [0.25, 0.3) is 0 Å². The van der Waals surface area contributed by atoms with Gasteiger partial charge in [-0.2, -0.15) is 0 Å². The van der Waals surface area contributed by atoms with Crippen LogP contribution in [-0.4, -0.2) is 36.8 Å². The van der Waals surface area contributed by atoms with Crippen molar-refractivity contribution in [2.45, 2.75) is 38.8 Å². The summed E-state index contributed by atoms with van der Waals surface area (Å²) in [5, 5.41) is 9.25. The number of nitrogens with zero attached hydrogens (tertiary/aromatic N) is 1. The Balaban J connectivity index is 2.91. The van der Waals surface area contributed by atoms with E-state index in [9.17, 15) is 9.90 Å². The van der Waals surface area contributed by atoms with E-state index in [2.05, 4.69) is 24.1 Å². The maximum atomic E-state index is 11.3. The zero-order chi connectivity index (χ0) is 15.7. The SMILES string of the molecule is C[B]CCCCCc1cc(OC)c(C(=O)O)c([NH+]=CN)n1. The van der Waals surface area contributed by atoms with Gasteiger partial charge in [-0.05, 0) is 6.42 Å². The molecule has 1 radical (unpaired) electrons. The Morgan fingerprint density at radius 1 is 1.52 bits per heavy atom. The Morgan fingerprint density at radius 3 is 2.86 bits per heavy atom. The third-order valence-electron chi connectivity index (χ3n) is 3.12. The number of unbranched alkanes of at least 4 members (excludes halogenated alkanes) is 2. The van der Waals surface area contributed by atoms with Gasteiger partial charge in [0.2, 0.25) is 0 Å². The second kappa shape index (κ2) is 8.99. The summed E-state index contributed by atoms with van der Waals surface area (Å²) in [6.45, 7) is 2.05. The van der Waals surface area contributed by atoms with E-state index >= 15 is 0 Å². The number of pyridine rings is 1. The monoisotopic (exact) mass is 291 g/mol. The minimum atomic E-state index is -1.10. The van der Waals surface area contributed by atoms with Crippen molar-refractivity contribution < 1.29 is 19.6 Å². The molecule has 0 spiro atoms. The van der Waals surface area contributed by atoms with E-state index in [-0.39, 0.29) is 11.4 Å². The van der Waals surface area contributed by atoms with Crippen molar-refractivity contribution in [2.75, 3.05) is 7.11 Å². The fourth-order valence-electron chi connectivity index (χ4n) is 2.08. The standard InChI is InChI=1S/C14H21BN3O3/c1-15-7-5-3-4-6-10-8-11(21-2)12(14(19)20)13(18-10)17-9-16/h8-9H,3-7H2,1-2H3,(H,19,20)(H2,16,17,18)/p+1. The average molecular weight is 291 g/mol. The predicted molar refractivity (Wildman–Crippen MR) is 82.6 cm³/mol. The normalized spacial score (nSPS) is 10.8. The molecule has 4 N–H and O–H groups in total. The molecule has 0 fully saturated rings. The molecule has 1 rings (SSSR count). The number of aromatic nitrogens is 1. The second-order valence-electron chi connectivity index (χ2n) is 4.66. The van der Waals surface area contributed by atoms with Gasteiger partial charge in [0.1, 0.15) is 18.7 Å². The molecule has 7 heteroatoms. The second-order valence-corrected chi connectivity index (χ2v) is 4.66. The number of nitrogens with one attached hydrogen (secondary N) is 1. The predicted octanol–water partition coefficient (Wildman–Crippen LogP) is 0.371. The lowest BCUT2D eigenvalue weighted by atomic mass is 9.76. The number of methoxy groups -OCH3 is 1. The lowest BCUT2D eigenvalue weighted by Crippen LogP contribution is -2.65. The van der Waals surface area contributed by atoms with Crippen molar-refractivity contribution in [2.24, 2.45) is 5.73 Å². The number of hydrogen-bond acceptors (Lipinski definition) is 3. The van der Waals surface area contributed by atoms with Crippen molar-refractivity contribution in [1.82, 2.24) is 4.98 Å². The van der Waals surface area contributed by atoms with Gasteiger partial charge in [-0.15, -0.1) is 4.98 Å². The highest BCUT2D eigenvalue weighted by atomic mass is 16.5. The highest BCUT2D eigenvalue weighted by Crippen LogP contribution is 2.24. The molecule has 1 aromatic rings. The molecule has 0 aliphatic carbocycles. The molecule has 0 bridgehead atoms. The van der Waals surface area contributed by atoms with Gasteiger partial charge in [0, 0.05) is 12.5 Å². The number of aryl methyl sites for hydroxylation is 1. The largest absolute Gasteiger partial charge is 0.495 e. The molecule has 0 amide bonds. The van der Waals surface area contributed by atoms with Crippen LogP contribution in [-0.2, 0) is 6.42 Å². The third-order valence-corrected chi connectivity index (χ3v) is 3.12. The van der Waals surface area contributed by atoms with Crippen molar-refractivity contribution in [3.8, 4) is 5.75 Å². The van der Waals surface area contributed by atoms with Gasteiger partial charge in [-0.1, -0.05) is 26.0 Å². The molecular formula is C14H22BN3O3+. The first-order valence-electron chi connectivity index (χ1n) is 7.03. The van der Waals surface area contributed by atoms with Crippen LogP contribution in [0.2, 0.25) is 13.1 Å². The van der Waals surface area contributed by atoms with Gasteiger partial charge in [-0.25, -0.2) is 9.79 Å². The van der Waals surface area contributed by atoms with Crippen molar-refractivity contribution in [3.05, 3.63) is 17.3 Å². The Morgan fingerprint density at radius 2 is 2.29 bits per heavy atom. The van der Waals surface area contributed by atoms with Gasteiger partial charge >= 0.3 is 5.97 Å². The Hall–Kier alpha value is -2.05. The summed E-state index contributed by atoms with van der Waals surface area (Å²) in [7, 11) is 3.60. The molecule has 0 saturated heterocycles. The molecule has 21 heavy (non-hydrogen) atoms. The van der Waals surface area contributed by atoms with E-state index in [0.29, 0.717) is 5.75 Å². The number of hydrogen-bond donors (Lipinski definition) is 3. The molecule has 1 aromatic heterocycles. The van der Waals surface area contributed by atoms with E-state index in [1.165, 1.54) is 7.11 Å². The van der Waals surface area contributed by atoms with E-state index in [1.54, 1.807) is 6.07 Å². The Bertz CT molecular complexity index is 506. The zero-order valence-electron chi connectivity index (χ0n) is 12.6. The average Bonchev–Trinajstić information content (AvgIpc) is 2.46. The van der Waals surface area contributed by atoms with E-state index in [1.807, 2.05) is 0 Å². The van der Waals surface area contributed by atoms with Crippen molar-refractivity contribution in [3.63, 3.8) is 0 Å². The van der Waals surface area contributed by atoms with Crippen LogP contribution in [0.5, 0.6) is 5.75 Å². The number of carboxylic acid groups (broad SMARTS) is 1. The molecule has 113 valence electrons. The summed E-state index contributed by atoms with van der Waals surface area (Å²) in [6.07, 6.45) is 6.32. The topological polar surface area (TPSA) is 99.4 Å². The summed E-state index contributed by atoms with van der Waals surface area (Å²) in [4.78, 5) is 18.3. The molecule has 0 aliphatic rings. The summed E-state index contributed by atoms with van der Waals surface area (Å²) < 4.78 is 5.16. The first kappa shape index (κ1) is 17.0. The van der Waals surface area contributed by atoms with E-state index < -0.39 is 5.97 Å². The summed E-state index contributed by atoms with van der Waals surface area (Å²) in [5.74, 6) is -0.603. The maximum Gasteiger partial charge on any atom is 0.346 e. The number of carbonyl (C=O) groups is 1. The number of nitrogens with two attached hydrogens (primary N) is 1. The lowest BCUT2D eigenvalue weighted by molar-refractivity contribution is -0.354. The van der Waals surface area contributed by atoms with Crippen LogP contribution in [0.4, 0.5) is 5.82 Å². The quantitative estimate of drug-likeness (QED) is 0.264. The molecular weight excluding hydrogens is 269 g/mol. The van der Waals surface area contributed by atoms with Gasteiger partial charge < -0.3 is 15.6 Å². The van der Waals surface area contributed by atoms with Crippen LogP contribution in [0.3, 0.4) is 0 Å². The van der Waals surface area contributed by atoms with Gasteiger partial charge in [0.15, 0.2) is 11.9 Å². The molecule has 0 aromatic carbocycles. The van der Waals surface area contributed by atoms with Gasteiger partial charge in [0.05, 0.1) is 7.11 Å². The fourth-order valence-corrected chi connectivity index (χ4v) is 2.08. The van der Waals surface area contributed by atoms with Crippen LogP contribution in [0, 0.1) is 0 Å². The van der Waals surface area contributed by atoms with Crippen LogP contribution < -0.4 is 15.5 Å². The number of ether oxygens (including phenoxy) is 1. The summed E-state index contributed by atoms with van der Waals surface area (Å²) in [5.41, 5.74) is 6.10. The zero-order valence-corrected chi connectivity index (χ0v) is 12.6. The minimum absolute atomic E-state index is 0.0106. The summed E-state index contributed by atoms with van der Waals surface area (Å²) in [6, 6.07) is 1.68. The van der Waals surface area contributed by atoms with E-state index in [0.717, 1.165) is 44.0 Å². The highest BCUT2D eigenvalue weighted by molar-refractivity contribution is 6.33. The smallest absolute Gasteiger partial charge is 0.346 e. The highest BCUT2D eigenvalue weighted by Gasteiger charge is 2.22. The molecule has 6 nitrogen and oxygen atoms in total. The van der Waals surface area contributed by atoms with Crippen molar-refractivity contribution >= 4 is 25.4 Å². The number of rotatable bonds is 9. The van der Waals surface area contributed by atoms with Crippen molar-refractivity contribution in [1.29, 1.82) is 0 Å². The van der Waals surface area contributed by atoms with E-state index in [4.69, 9.17) is 10.5 Å². The van der Waals surface area contributed by atoms with Crippen LogP contribution in [0.15, 0.2) is 6.07 Å².